The van der Waals surface area contributed by atoms with Crippen LogP contribution < -0.4 is 5.32 Å². The van der Waals surface area contributed by atoms with Crippen LogP contribution in [-0.2, 0) is 4.79 Å². The van der Waals surface area contributed by atoms with E-state index in [2.05, 4.69) is 55.6 Å². The molecule has 3 N–H and O–H groups in total. The Hall–Kier alpha value is -4.92. The number of aromatic amines is 2. The van der Waals surface area contributed by atoms with Gasteiger partial charge in [0.2, 0.25) is 5.91 Å². The molecular weight excluding hydrogens is 500 g/mol. The van der Waals surface area contributed by atoms with Crippen LogP contribution >= 0.6 is 0 Å². The lowest BCUT2D eigenvalue weighted by atomic mass is 9.88. The highest BCUT2D eigenvalue weighted by Crippen LogP contribution is 2.32. The van der Waals surface area contributed by atoms with Gasteiger partial charge in [-0.05, 0) is 49.6 Å². The first-order valence-electron chi connectivity index (χ1n) is 13.7. The van der Waals surface area contributed by atoms with Crippen LogP contribution in [0.15, 0.2) is 67.1 Å². The number of anilines is 1. The first-order chi connectivity index (χ1) is 19.6. The van der Waals surface area contributed by atoms with E-state index in [0.717, 1.165) is 59.1 Å². The van der Waals surface area contributed by atoms with Crippen LogP contribution in [0.3, 0.4) is 0 Å². The number of imidazole rings is 1. The molecule has 1 fully saturated rings. The summed E-state index contributed by atoms with van der Waals surface area (Å²) in [5.74, 6) is 0.734. The highest BCUT2D eigenvalue weighted by molar-refractivity contribution is 5.95. The molecule has 40 heavy (non-hydrogen) atoms. The number of nitrogens with zero attached hydrogens (tertiary/aromatic N) is 5. The average Bonchev–Trinajstić information content (AvgIpc) is 3.61. The summed E-state index contributed by atoms with van der Waals surface area (Å²) in [5, 5.41) is 10.7. The van der Waals surface area contributed by atoms with Crippen molar-refractivity contribution in [1.29, 1.82) is 0 Å². The molecule has 0 aliphatic heterocycles. The zero-order chi connectivity index (χ0) is 27.1. The highest BCUT2D eigenvalue weighted by atomic mass is 16.1. The molecule has 198 valence electrons. The number of aryl methyl sites for hydroxylation is 1. The van der Waals surface area contributed by atoms with Gasteiger partial charge in [-0.1, -0.05) is 49.1 Å². The number of nitrogens with one attached hydrogen (secondary N) is 3. The van der Waals surface area contributed by atoms with Gasteiger partial charge in [-0.2, -0.15) is 5.10 Å². The molecule has 0 unspecified atom stereocenters. The van der Waals surface area contributed by atoms with Crippen LogP contribution in [0.1, 0.15) is 37.7 Å². The summed E-state index contributed by atoms with van der Waals surface area (Å²) in [6, 6.07) is 16.1. The monoisotopic (exact) mass is 528 g/mol. The standard InChI is InChI=1S/C31H28N8O/c1-18-6-5-9-20(14-18)23-12-13-33-29-26(23)36-30(37-29)28-27-25(38-39-28)11-10-24(35-27)21-15-22(17-32-16-21)34-31(40)19-7-3-2-4-8-19/h5-6,9-17,19H,2-4,7-8H2,1H3,(H,34,40)(H,38,39)(H,33,36,37). The Morgan fingerprint density at radius 2 is 1.88 bits per heavy atom. The quantitative estimate of drug-likeness (QED) is 0.236. The summed E-state index contributed by atoms with van der Waals surface area (Å²) in [6.45, 7) is 2.08. The second-order valence-corrected chi connectivity index (χ2v) is 10.5. The molecule has 9 nitrogen and oxygen atoms in total. The molecule has 1 aromatic carbocycles. The van der Waals surface area contributed by atoms with E-state index in [0.29, 0.717) is 28.4 Å². The summed E-state index contributed by atoms with van der Waals surface area (Å²) in [7, 11) is 0. The number of pyridine rings is 3. The van der Waals surface area contributed by atoms with Gasteiger partial charge in [0.15, 0.2) is 17.2 Å². The molecule has 5 aromatic heterocycles. The van der Waals surface area contributed by atoms with E-state index in [-0.39, 0.29) is 11.8 Å². The molecule has 0 radical (unpaired) electrons. The Labute approximate surface area is 230 Å². The number of benzene rings is 1. The molecule has 6 aromatic rings. The van der Waals surface area contributed by atoms with Gasteiger partial charge in [0, 0.05) is 29.4 Å². The molecule has 9 heteroatoms. The highest BCUT2D eigenvalue weighted by Gasteiger charge is 2.22. The van der Waals surface area contributed by atoms with Crippen molar-refractivity contribution in [2.75, 3.05) is 5.32 Å². The minimum absolute atomic E-state index is 0.0720. The van der Waals surface area contributed by atoms with Gasteiger partial charge >= 0.3 is 0 Å². The Bertz CT molecular complexity index is 1860. The molecule has 0 atom stereocenters. The van der Waals surface area contributed by atoms with Gasteiger partial charge in [0.25, 0.3) is 0 Å². The van der Waals surface area contributed by atoms with Gasteiger partial charge in [0.1, 0.15) is 5.52 Å². The van der Waals surface area contributed by atoms with Crippen LogP contribution in [0, 0.1) is 12.8 Å². The Morgan fingerprint density at radius 1 is 0.975 bits per heavy atom. The molecule has 0 saturated heterocycles. The zero-order valence-corrected chi connectivity index (χ0v) is 22.1. The van der Waals surface area contributed by atoms with E-state index in [1.165, 1.54) is 12.0 Å². The summed E-state index contributed by atoms with van der Waals surface area (Å²) >= 11 is 0. The lowest BCUT2D eigenvalue weighted by Crippen LogP contribution is -2.24. The zero-order valence-electron chi connectivity index (χ0n) is 22.1. The van der Waals surface area contributed by atoms with Crippen molar-refractivity contribution in [3.63, 3.8) is 0 Å². The largest absolute Gasteiger partial charge is 0.335 e. The summed E-state index contributed by atoms with van der Waals surface area (Å²) in [6.07, 6.45) is 10.5. The predicted molar refractivity (Wildman–Crippen MR) is 155 cm³/mol. The number of rotatable bonds is 5. The maximum atomic E-state index is 12.8. The summed E-state index contributed by atoms with van der Waals surface area (Å²) < 4.78 is 0. The first kappa shape index (κ1) is 24.1. The fourth-order valence-corrected chi connectivity index (χ4v) is 5.56. The predicted octanol–water partition coefficient (Wildman–Crippen LogP) is 6.45. The van der Waals surface area contributed by atoms with Crippen molar-refractivity contribution in [1.82, 2.24) is 35.1 Å². The third-order valence-electron chi connectivity index (χ3n) is 7.63. The van der Waals surface area contributed by atoms with E-state index in [9.17, 15) is 4.79 Å². The minimum atomic E-state index is 0.0720. The van der Waals surface area contributed by atoms with Crippen LogP contribution in [0.25, 0.3) is 56.1 Å². The van der Waals surface area contributed by atoms with Crippen LogP contribution in [-0.4, -0.2) is 41.0 Å². The fraction of sp³-hybridized carbons (Fsp3) is 0.226. The second kappa shape index (κ2) is 10.00. The lowest BCUT2D eigenvalue weighted by Gasteiger charge is -2.20. The molecule has 1 saturated carbocycles. The van der Waals surface area contributed by atoms with Gasteiger partial charge in [-0.3, -0.25) is 14.9 Å². The van der Waals surface area contributed by atoms with E-state index in [1.807, 2.05) is 30.3 Å². The van der Waals surface area contributed by atoms with E-state index >= 15 is 0 Å². The van der Waals surface area contributed by atoms with Crippen molar-refractivity contribution < 1.29 is 4.79 Å². The maximum Gasteiger partial charge on any atom is 0.227 e. The fourth-order valence-electron chi connectivity index (χ4n) is 5.56. The number of amides is 1. The third-order valence-corrected chi connectivity index (χ3v) is 7.63. The molecule has 7 rings (SSSR count). The van der Waals surface area contributed by atoms with Crippen LogP contribution in [0.5, 0.6) is 0 Å². The van der Waals surface area contributed by atoms with Crippen molar-refractivity contribution in [3.05, 3.63) is 72.7 Å². The van der Waals surface area contributed by atoms with E-state index in [4.69, 9.17) is 9.97 Å². The smallest absolute Gasteiger partial charge is 0.227 e. The number of carbonyl (C=O) groups excluding carboxylic acids is 1. The van der Waals surface area contributed by atoms with Crippen LogP contribution in [0.2, 0.25) is 0 Å². The number of H-pyrrole nitrogens is 2. The van der Waals surface area contributed by atoms with Gasteiger partial charge in [0.05, 0.1) is 28.6 Å². The van der Waals surface area contributed by atoms with Gasteiger partial charge in [-0.15, -0.1) is 0 Å². The van der Waals surface area contributed by atoms with Gasteiger partial charge < -0.3 is 10.3 Å². The maximum absolute atomic E-state index is 12.8. The molecule has 1 aliphatic rings. The molecular formula is C31H28N8O. The Balaban J connectivity index is 1.23. The molecule has 0 bridgehead atoms. The third kappa shape index (κ3) is 4.49. The Kier molecular flexibility index (Phi) is 6.03. The Morgan fingerprint density at radius 3 is 2.75 bits per heavy atom. The van der Waals surface area contributed by atoms with E-state index in [1.54, 1.807) is 18.6 Å². The molecule has 1 aliphatic carbocycles. The molecule has 1 amide bonds. The SMILES string of the molecule is Cc1cccc(-c2ccnc3nc(-c4n[nH]c5ccc(-c6cncc(NC(=O)C7CCCCC7)c6)nc45)[nH]c23)c1. The second-order valence-electron chi connectivity index (χ2n) is 10.5. The van der Waals surface area contributed by atoms with Crippen molar-refractivity contribution in [2.24, 2.45) is 5.92 Å². The number of hydrogen-bond acceptors (Lipinski definition) is 6. The van der Waals surface area contributed by atoms with Crippen molar-refractivity contribution in [2.45, 2.75) is 39.0 Å². The normalized spacial score (nSPS) is 14.1. The number of carbonyl (C=O) groups is 1. The lowest BCUT2D eigenvalue weighted by molar-refractivity contribution is -0.120. The molecule has 5 heterocycles. The van der Waals surface area contributed by atoms with Gasteiger partial charge in [-0.25, -0.2) is 15.0 Å². The summed E-state index contributed by atoms with van der Waals surface area (Å²) in [5.41, 5.74) is 9.07. The topological polar surface area (TPSA) is 125 Å². The number of fused-ring (bicyclic) bond motifs is 2. The van der Waals surface area contributed by atoms with Crippen molar-refractivity contribution in [3.8, 4) is 33.9 Å². The minimum Gasteiger partial charge on any atom is -0.335 e. The van der Waals surface area contributed by atoms with E-state index < -0.39 is 0 Å². The average molecular weight is 529 g/mol. The summed E-state index contributed by atoms with van der Waals surface area (Å²) in [4.78, 5) is 34.8. The van der Waals surface area contributed by atoms with Crippen molar-refractivity contribution >= 4 is 33.8 Å². The molecule has 0 spiro atoms. The first-order valence-corrected chi connectivity index (χ1v) is 13.7. The van der Waals surface area contributed by atoms with Crippen LogP contribution in [0.4, 0.5) is 5.69 Å². The number of aromatic nitrogens is 7. The number of hydrogen-bond donors (Lipinski definition) is 3.